The quantitative estimate of drug-likeness (QED) is 0.210. The topological polar surface area (TPSA) is 6.48 Å². The molecule has 6 rings (SSSR count). The zero-order chi connectivity index (χ0) is 26.1. The molecule has 1 aliphatic rings. The number of nitrogens with zero attached hydrogens (tertiary/aromatic N) is 2. The average molecular weight is 576 g/mol. The van der Waals surface area contributed by atoms with E-state index in [1.165, 1.54) is 32.5 Å². The van der Waals surface area contributed by atoms with Gasteiger partial charge in [-0.3, -0.25) is 0 Å². The smallest absolute Gasteiger partial charge is 0.0603 e. The van der Waals surface area contributed by atoms with Gasteiger partial charge in [0.25, 0.3) is 0 Å². The maximum absolute atomic E-state index is 4.47. The number of anilines is 4. The van der Waals surface area contributed by atoms with Crippen molar-refractivity contribution in [2.45, 2.75) is 6.42 Å². The van der Waals surface area contributed by atoms with Gasteiger partial charge >= 0.3 is 0 Å². The molecule has 0 atom stereocenters. The molecule has 4 heteroatoms. The molecule has 0 unspecified atom stereocenters. The molecule has 2 heterocycles. The Hall–Kier alpha value is -3.86. The number of fused-ring (bicyclic) bond motifs is 2. The van der Waals surface area contributed by atoms with Crippen LogP contribution in [0.2, 0.25) is 0 Å². The molecule has 2 nitrogen and oxygen atoms in total. The molecule has 1 aliphatic heterocycles. The van der Waals surface area contributed by atoms with Crippen molar-refractivity contribution in [1.29, 1.82) is 0 Å². The van der Waals surface area contributed by atoms with E-state index in [0.717, 1.165) is 33.7 Å². The Morgan fingerprint density at radius 1 is 0.842 bits per heavy atom. The van der Waals surface area contributed by atoms with E-state index >= 15 is 0 Å². The molecule has 1 aromatic heterocycles. The molecule has 0 bridgehead atoms. The van der Waals surface area contributed by atoms with Crippen LogP contribution in [0.1, 0.15) is 5.56 Å². The second kappa shape index (κ2) is 10.5. The van der Waals surface area contributed by atoms with Gasteiger partial charge in [0, 0.05) is 38.2 Å². The first-order chi connectivity index (χ1) is 18.6. The summed E-state index contributed by atoms with van der Waals surface area (Å²) in [6.07, 6.45) is 9.29. The Balaban J connectivity index is 1.63. The largest absolute Gasteiger partial charge is 0.343 e. The fourth-order valence-electron chi connectivity index (χ4n) is 5.06. The lowest BCUT2D eigenvalue weighted by Crippen LogP contribution is -2.18. The fourth-order valence-corrected chi connectivity index (χ4v) is 6.50. The van der Waals surface area contributed by atoms with Crippen molar-refractivity contribution in [2.75, 3.05) is 16.8 Å². The normalized spacial score (nSPS) is 14.9. The molecule has 38 heavy (non-hydrogen) atoms. The van der Waals surface area contributed by atoms with E-state index < -0.39 is 0 Å². The molecule has 0 saturated heterocycles. The molecule has 0 N–H and O–H groups in total. The second-order valence-corrected chi connectivity index (χ2v) is 11.1. The van der Waals surface area contributed by atoms with Crippen molar-refractivity contribution in [3.63, 3.8) is 0 Å². The first-order valence-electron chi connectivity index (χ1n) is 12.6. The summed E-state index contributed by atoms with van der Waals surface area (Å²) in [5, 5.41) is 3.53. The highest BCUT2D eigenvalue weighted by Crippen LogP contribution is 2.46. The molecule has 0 amide bonds. The Bertz CT molecular complexity index is 1700. The van der Waals surface area contributed by atoms with Crippen molar-refractivity contribution in [3.05, 3.63) is 143 Å². The highest BCUT2D eigenvalue weighted by atomic mass is 79.9. The lowest BCUT2D eigenvalue weighted by atomic mass is 9.96. The summed E-state index contributed by atoms with van der Waals surface area (Å²) in [6, 6.07) is 32.3. The number of allylic oxidation sites excluding steroid dienone is 4. The summed E-state index contributed by atoms with van der Waals surface area (Å²) in [7, 11) is 2.18. The second-order valence-electron chi connectivity index (χ2n) is 9.31. The van der Waals surface area contributed by atoms with Gasteiger partial charge < -0.3 is 9.80 Å². The van der Waals surface area contributed by atoms with Gasteiger partial charge in [-0.1, -0.05) is 85.5 Å². The van der Waals surface area contributed by atoms with Crippen LogP contribution in [0.3, 0.4) is 0 Å². The fraction of sp³-hybridized carbons (Fsp3) is 0.0588. The molecule has 4 aromatic carbocycles. The molecule has 0 aliphatic carbocycles. The van der Waals surface area contributed by atoms with Crippen molar-refractivity contribution in [3.8, 4) is 11.1 Å². The Morgan fingerprint density at radius 3 is 2.45 bits per heavy atom. The predicted octanol–water partition coefficient (Wildman–Crippen LogP) is 10.4. The average Bonchev–Trinajstić information content (AvgIpc) is 3.40. The van der Waals surface area contributed by atoms with Crippen LogP contribution in [0.5, 0.6) is 0 Å². The number of hydrogen-bond acceptors (Lipinski definition) is 3. The van der Waals surface area contributed by atoms with Gasteiger partial charge in [-0.05, 0) is 69.9 Å². The lowest BCUT2D eigenvalue weighted by Gasteiger charge is -2.31. The van der Waals surface area contributed by atoms with Crippen LogP contribution in [0.25, 0.3) is 21.2 Å². The van der Waals surface area contributed by atoms with Crippen LogP contribution < -0.4 is 9.80 Å². The molecule has 0 radical (unpaired) electrons. The standard InChI is InChI=1S/C34H27BrN2S/c1-24-13-5-3-8-16-26-21-28(25-14-6-4-7-15-25)32(22-31(26)37(24)30-19-11-10-18-29(30)35)36(2)33-23-38-34-20-12-9-17-27(33)34/h3-15,17-23H,1,16H2,2H3/b8-3-,13-5-. The van der Waals surface area contributed by atoms with Crippen LogP contribution in [-0.2, 0) is 6.42 Å². The van der Waals surface area contributed by atoms with Crippen LogP contribution in [0.4, 0.5) is 22.7 Å². The summed E-state index contributed by atoms with van der Waals surface area (Å²) >= 11 is 5.59. The van der Waals surface area contributed by atoms with E-state index in [1.54, 1.807) is 11.3 Å². The molecular weight excluding hydrogens is 548 g/mol. The number of halogens is 1. The van der Waals surface area contributed by atoms with E-state index in [2.05, 4.69) is 154 Å². The van der Waals surface area contributed by atoms with E-state index in [-0.39, 0.29) is 0 Å². The van der Waals surface area contributed by atoms with Crippen LogP contribution in [0, 0.1) is 0 Å². The first kappa shape index (κ1) is 24.5. The maximum Gasteiger partial charge on any atom is 0.0603 e. The molecule has 0 spiro atoms. The molecule has 0 saturated carbocycles. The Kier molecular flexibility index (Phi) is 6.75. The SMILES string of the molecule is C=C1/C=C\C=C/Cc2cc(-c3ccccc3)c(N(C)c3csc4ccccc34)cc2N1c1ccccc1Br. The zero-order valence-corrected chi connectivity index (χ0v) is 23.5. The van der Waals surface area contributed by atoms with E-state index in [9.17, 15) is 0 Å². The number of para-hydroxylation sites is 1. The molecule has 0 fully saturated rings. The predicted molar refractivity (Wildman–Crippen MR) is 169 cm³/mol. The highest BCUT2D eigenvalue weighted by Gasteiger charge is 2.23. The highest BCUT2D eigenvalue weighted by molar-refractivity contribution is 9.10. The van der Waals surface area contributed by atoms with E-state index in [0.29, 0.717) is 0 Å². The summed E-state index contributed by atoms with van der Waals surface area (Å²) in [4.78, 5) is 4.60. The van der Waals surface area contributed by atoms with Gasteiger partial charge in [-0.2, -0.15) is 0 Å². The van der Waals surface area contributed by atoms with Gasteiger partial charge in [0.15, 0.2) is 0 Å². The molecule has 5 aromatic rings. The first-order valence-corrected chi connectivity index (χ1v) is 14.3. The van der Waals surface area contributed by atoms with E-state index in [4.69, 9.17) is 0 Å². The minimum Gasteiger partial charge on any atom is -0.343 e. The summed E-state index contributed by atoms with van der Waals surface area (Å²) < 4.78 is 2.32. The third kappa shape index (κ3) is 4.51. The van der Waals surface area contributed by atoms with E-state index in [1.807, 2.05) is 6.07 Å². The summed E-state index contributed by atoms with van der Waals surface area (Å²) in [6.45, 7) is 4.47. The number of rotatable bonds is 4. The number of hydrogen-bond donors (Lipinski definition) is 0. The third-order valence-corrected chi connectivity index (χ3v) is 8.58. The van der Waals surface area contributed by atoms with Crippen molar-refractivity contribution in [2.24, 2.45) is 0 Å². The number of benzene rings is 4. The van der Waals surface area contributed by atoms with Gasteiger partial charge in [-0.25, -0.2) is 0 Å². The third-order valence-electron chi connectivity index (χ3n) is 6.96. The monoisotopic (exact) mass is 574 g/mol. The van der Waals surface area contributed by atoms with Crippen molar-refractivity contribution >= 4 is 60.1 Å². The summed E-state index contributed by atoms with van der Waals surface area (Å²) in [5.41, 5.74) is 9.10. The molecular formula is C34H27BrN2S. The minimum atomic E-state index is 0.819. The zero-order valence-electron chi connectivity index (χ0n) is 21.1. The van der Waals surface area contributed by atoms with Crippen molar-refractivity contribution < 1.29 is 0 Å². The maximum atomic E-state index is 4.47. The van der Waals surface area contributed by atoms with Gasteiger partial charge in [-0.15, -0.1) is 11.3 Å². The lowest BCUT2D eigenvalue weighted by molar-refractivity contribution is 1.14. The van der Waals surface area contributed by atoms with Gasteiger partial charge in [0.2, 0.25) is 0 Å². The molecule has 186 valence electrons. The number of thiophene rings is 1. The van der Waals surface area contributed by atoms with Crippen LogP contribution in [0.15, 0.2) is 137 Å². The Morgan fingerprint density at radius 2 is 1.61 bits per heavy atom. The van der Waals surface area contributed by atoms with Crippen LogP contribution in [-0.4, -0.2) is 7.05 Å². The van der Waals surface area contributed by atoms with Gasteiger partial charge in [0.1, 0.15) is 0 Å². The van der Waals surface area contributed by atoms with Crippen LogP contribution >= 0.6 is 27.3 Å². The van der Waals surface area contributed by atoms with Gasteiger partial charge in [0.05, 0.1) is 22.7 Å². The minimum absolute atomic E-state index is 0.819. The van der Waals surface area contributed by atoms with Crippen molar-refractivity contribution in [1.82, 2.24) is 0 Å². The Labute approximate surface area is 236 Å². The summed E-state index contributed by atoms with van der Waals surface area (Å²) in [5.74, 6) is 0.